The molecule has 0 atom stereocenters. The second-order valence-corrected chi connectivity index (χ2v) is 3.73. The molecule has 0 radical (unpaired) electrons. The van der Waals surface area contributed by atoms with Crippen molar-refractivity contribution >= 4 is 0 Å². The second-order valence-electron chi connectivity index (χ2n) is 3.73. The largest absolute Gasteiger partial charge is 0.508 e. The molecule has 0 unspecified atom stereocenters. The highest BCUT2D eigenvalue weighted by atomic mass is 16.3. The first-order chi connectivity index (χ1) is 7.09. The first-order valence-corrected chi connectivity index (χ1v) is 4.92. The van der Waals surface area contributed by atoms with Crippen molar-refractivity contribution in [1.82, 2.24) is 9.78 Å². The van der Waals surface area contributed by atoms with Gasteiger partial charge in [-0.1, -0.05) is 6.07 Å². The number of aromatic hydroxyl groups is 1. The molecule has 0 saturated heterocycles. The van der Waals surface area contributed by atoms with Gasteiger partial charge in [0.05, 0.1) is 11.4 Å². The van der Waals surface area contributed by atoms with Crippen LogP contribution in [0.5, 0.6) is 5.75 Å². The highest BCUT2D eigenvalue weighted by Gasteiger charge is 2.08. The lowest BCUT2D eigenvalue weighted by atomic mass is 10.2. The van der Waals surface area contributed by atoms with Crippen LogP contribution < -0.4 is 0 Å². The Morgan fingerprint density at radius 2 is 1.93 bits per heavy atom. The lowest BCUT2D eigenvalue weighted by molar-refractivity contribution is 0.474. The molecule has 1 aromatic carbocycles. The fraction of sp³-hybridized carbons (Fsp3) is 0.250. The Labute approximate surface area is 89.0 Å². The van der Waals surface area contributed by atoms with Crippen molar-refractivity contribution in [3.63, 3.8) is 0 Å². The minimum atomic E-state index is 0.262. The molecule has 0 aliphatic carbocycles. The van der Waals surface area contributed by atoms with E-state index >= 15 is 0 Å². The lowest BCUT2D eigenvalue weighted by Gasteiger charge is -2.04. The van der Waals surface area contributed by atoms with Gasteiger partial charge < -0.3 is 5.11 Å². The number of phenolic OH excluding ortho intramolecular Hbond substituents is 1. The van der Waals surface area contributed by atoms with Crippen LogP contribution in [0.3, 0.4) is 0 Å². The SMILES string of the molecule is Cc1nn(-c2cccc(O)c2)c(C)c1C. The Hall–Kier alpha value is -1.77. The molecule has 78 valence electrons. The van der Waals surface area contributed by atoms with Crippen LogP contribution in [0.1, 0.15) is 17.0 Å². The molecule has 3 nitrogen and oxygen atoms in total. The molecule has 15 heavy (non-hydrogen) atoms. The molecule has 0 bridgehead atoms. The Kier molecular flexibility index (Phi) is 2.23. The molecule has 0 aliphatic heterocycles. The summed E-state index contributed by atoms with van der Waals surface area (Å²) in [5, 5.41) is 13.8. The van der Waals surface area contributed by atoms with Gasteiger partial charge in [-0.2, -0.15) is 5.10 Å². The van der Waals surface area contributed by atoms with Gasteiger partial charge in [-0.15, -0.1) is 0 Å². The summed E-state index contributed by atoms with van der Waals surface area (Å²) in [7, 11) is 0. The first-order valence-electron chi connectivity index (χ1n) is 4.92. The highest BCUT2D eigenvalue weighted by Crippen LogP contribution is 2.19. The summed E-state index contributed by atoms with van der Waals surface area (Å²) in [6.45, 7) is 6.07. The Morgan fingerprint density at radius 3 is 2.47 bits per heavy atom. The van der Waals surface area contributed by atoms with Crippen LogP contribution in [-0.4, -0.2) is 14.9 Å². The molecular formula is C12H14N2O. The molecule has 1 heterocycles. The standard InChI is InChI=1S/C12H14N2O/c1-8-9(2)13-14(10(8)3)11-5-4-6-12(15)7-11/h4-7,15H,1-3H3. The zero-order valence-electron chi connectivity index (χ0n) is 9.15. The summed E-state index contributed by atoms with van der Waals surface area (Å²) in [4.78, 5) is 0. The normalized spacial score (nSPS) is 10.6. The third-order valence-electron chi connectivity index (χ3n) is 2.73. The van der Waals surface area contributed by atoms with Crippen molar-refractivity contribution in [3.05, 3.63) is 41.2 Å². The zero-order valence-corrected chi connectivity index (χ0v) is 9.15. The van der Waals surface area contributed by atoms with Crippen molar-refractivity contribution < 1.29 is 5.11 Å². The van der Waals surface area contributed by atoms with Gasteiger partial charge in [-0.25, -0.2) is 4.68 Å². The molecule has 0 amide bonds. The monoisotopic (exact) mass is 202 g/mol. The van der Waals surface area contributed by atoms with Crippen LogP contribution in [-0.2, 0) is 0 Å². The van der Waals surface area contributed by atoms with Crippen LogP contribution >= 0.6 is 0 Å². The molecule has 0 spiro atoms. The van der Waals surface area contributed by atoms with Crippen molar-refractivity contribution in [2.24, 2.45) is 0 Å². The van der Waals surface area contributed by atoms with Crippen LogP contribution in [0.4, 0.5) is 0 Å². The molecule has 0 aliphatic rings. The van der Waals surface area contributed by atoms with Crippen molar-refractivity contribution in [2.45, 2.75) is 20.8 Å². The average Bonchev–Trinajstić information content (AvgIpc) is 2.46. The Morgan fingerprint density at radius 1 is 1.20 bits per heavy atom. The lowest BCUT2D eigenvalue weighted by Crippen LogP contribution is -1.98. The minimum Gasteiger partial charge on any atom is -0.508 e. The predicted molar refractivity (Wildman–Crippen MR) is 59.4 cm³/mol. The molecule has 2 rings (SSSR count). The third kappa shape index (κ3) is 1.61. The molecule has 3 heteroatoms. The Bertz CT molecular complexity index is 500. The Balaban J connectivity index is 2.59. The summed E-state index contributed by atoms with van der Waals surface area (Å²) >= 11 is 0. The van der Waals surface area contributed by atoms with Crippen molar-refractivity contribution in [1.29, 1.82) is 0 Å². The van der Waals surface area contributed by atoms with E-state index in [1.165, 1.54) is 5.56 Å². The highest BCUT2D eigenvalue weighted by molar-refractivity contribution is 5.41. The molecule has 0 saturated carbocycles. The maximum atomic E-state index is 9.40. The van der Waals surface area contributed by atoms with Crippen LogP contribution in [0, 0.1) is 20.8 Å². The maximum absolute atomic E-state index is 9.40. The van der Waals surface area contributed by atoms with Gasteiger partial charge >= 0.3 is 0 Å². The van der Waals surface area contributed by atoms with Gasteiger partial charge in [0, 0.05) is 11.8 Å². The quantitative estimate of drug-likeness (QED) is 0.771. The van der Waals surface area contributed by atoms with E-state index in [0.29, 0.717) is 0 Å². The van der Waals surface area contributed by atoms with E-state index in [4.69, 9.17) is 0 Å². The average molecular weight is 202 g/mol. The van der Waals surface area contributed by atoms with Gasteiger partial charge in [-0.3, -0.25) is 0 Å². The van der Waals surface area contributed by atoms with E-state index in [9.17, 15) is 5.11 Å². The van der Waals surface area contributed by atoms with E-state index in [1.807, 2.05) is 30.7 Å². The number of phenols is 1. The maximum Gasteiger partial charge on any atom is 0.117 e. The van der Waals surface area contributed by atoms with Gasteiger partial charge in [-0.05, 0) is 38.5 Å². The predicted octanol–water partition coefficient (Wildman–Crippen LogP) is 2.50. The van der Waals surface area contributed by atoms with E-state index in [1.54, 1.807) is 12.1 Å². The van der Waals surface area contributed by atoms with E-state index < -0.39 is 0 Å². The molecule has 1 aromatic heterocycles. The van der Waals surface area contributed by atoms with Crippen molar-refractivity contribution in [2.75, 3.05) is 0 Å². The topological polar surface area (TPSA) is 38.0 Å². The van der Waals surface area contributed by atoms with Crippen LogP contribution in [0.25, 0.3) is 5.69 Å². The number of rotatable bonds is 1. The number of nitrogens with zero attached hydrogens (tertiary/aromatic N) is 2. The second kappa shape index (κ2) is 3.42. The number of aromatic nitrogens is 2. The fourth-order valence-corrected chi connectivity index (χ4v) is 1.60. The third-order valence-corrected chi connectivity index (χ3v) is 2.73. The number of aryl methyl sites for hydroxylation is 1. The fourth-order valence-electron chi connectivity index (χ4n) is 1.60. The van der Waals surface area contributed by atoms with E-state index in [2.05, 4.69) is 12.0 Å². The van der Waals surface area contributed by atoms with Gasteiger partial charge in [0.1, 0.15) is 5.75 Å². The summed E-state index contributed by atoms with van der Waals surface area (Å²) in [5.41, 5.74) is 4.22. The zero-order chi connectivity index (χ0) is 11.0. The molecular weight excluding hydrogens is 188 g/mol. The minimum absolute atomic E-state index is 0.262. The summed E-state index contributed by atoms with van der Waals surface area (Å²) in [6, 6.07) is 7.11. The first kappa shape index (κ1) is 9.77. The van der Waals surface area contributed by atoms with Gasteiger partial charge in [0.25, 0.3) is 0 Å². The van der Waals surface area contributed by atoms with Crippen LogP contribution in [0.15, 0.2) is 24.3 Å². The number of hydrogen-bond acceptors (Lipinski definition) is 2. The van der Waals surface area contributed by atoms with Crippen molar-refractivity contribution in [3.8, 4) is 11.4 Å². The smallest absolute Gasteiger partial charge is 0.117 e. The molecule has 1 N–H and O–H groups in total. The number of benzene rings is 1. The van der Waals surface area contributed by atoms with Gasteiger partial charge in [0.2, 0.25) is 0 Å². The van der Waals surface area contributed by atoms with Crippen LogP contribution in [0.2, 0.25) is 0 Å². The van der Waals surface area contributed by atoms with E-state index in [0.717, 1.165) is 17.1 Å². The summed E-state index contributed by atoms with van der Waals surface area (Å²) < 4.78 is 1.85. The number of hydrogen-bond donors (Lipinski definition) is 1. The summed E-state index contributed by atoms with van der Waals surface area (Å²) in [5.74, 6) is 0.262. The molecule has 0 fully saturated rings. The van der Waals surface area contributed by atoms with E-state index in [-0.39, 0.29) is 5.75 Å². The molecule has 2 aromatic rings. The summed E-state index contributed by atoms with van der Waals surface area (Å²) in [6.07, 6.45) is 0. The van der Waals surface area contributed by atoms with Gasteiger partial charge in [0.15, 0.2) is 0 Å².